The van der Waals surface area contributed by atoms with Gasteiger partial charge in [0.25, 0.3) is 0 Å². The van der Waals surface area contributed by atoms with Gasteiger partial charge in [0.1, 0.15) is 0 Å². The number of nitrogens with zero attached hydrogens (tertiary/aromatic N) is 2. The van der Waals surface area contributed by atoms with Crippen molar-refractivity contribution in [1.29, 1.82) is 0 Å². The highest BCUT2D eigenvalue weighted by Gasteiger charge is 2.20. The lowest BCUT2D eigenvalue weighted by Gasteiger charge is -2.13. The van der Waals surface area contributed by atoms with Crippen molar-refractivity contribution in [2.75, 3.05) is 6.54 Å². The molecule has 0 radical (unpaired) electrons. The van der Waals surface area contributed by atoms with Gasteiger partial charge in [-0.2, -0.15) is 5.10 Å². The molecule has 0 saturated heterocycles. The van der Waals surface area contributed by atoms with E-state index in [1.54, 1.807) is 0 Å². The first-order valence-electron chi connectivity index (χ1n) is 7.63. The normalized spacial score (nSPS) is 16.8. The average Bonchev–Trinajstić information content (AvgIpc) is 3.17. The molecule has 0 bridgehead atoms. The average molecular weight is 328 g/mol. The Morgan fingerprint density at radius 2 is 2.16 bits per heavy atom. The van der Waals surface area contributed by atoms with E-state index in [0.717, 1.165) is 32.0 Å². The van der Waals surface area contributed by atoms with Crippen molar-refractivity contribution in [2.45, 2.75) is 65.5 Å². The summed E-state index contributed by atoms with van der Waals surface area (Å²) < 4.78 is 3.40. The van der Waals surface area contributed by atoms with Crippen molar-refractivity contribution < 1.29 is 0 Å². The lowest BCUT2D eigenvalue weighted by atomic mass is 10.0. The zero-order valence-electron chi connectivity index (χ0n) is 12.4. The maximum atomic E-state index is 4.67. The molecule has 1 unspecified atom stereocenters. The van der Waals surface area contributed by atoms with Crippen LogP contribution in [0.25, 0.3) is 0 Å². The van der Waals surface area contributed by atoms with E-state index in [1.165, 1.54) is 35.1 Å². The molecule has 19 heavy (non-hydrogen) atoms. The summed E-state index contributed by atoms with van der Waals surface area (Å²) in [5.74, 6) is 0.703. The van der Waals surface area contributed by atoms with Crippen molar-refractivity contribution in [3.05, 3.63) is 15.9 Å². The summed E-state index contributed by atoms with van der Waals surface area (Å²) in [5.41, 5.74) is 2.57. The topological polar surface area (TPSA) is 29.9 Å². The summed E-state index contributed by atoms with van der Waals surface area (Å²) in [5, 5.41) is 8.27. The van der Waals surface area contributed by atoms with Gasteiger partial charge in [-0.1, -0.05) is 13.8 Å². The molecule has 0 spiro atoms. The van der Waals surface area contributed by atoms with Crippen molar-refractivity contribution in [2.24, 2.45) is 5.92 Å². The van der Waals surface area contributed by atoms with Crippen LogP contribution in [0.3, 0.4) is 0 Å². The third kappa shape index (κ3) is 4.06. The maximum absolute atomic E-state index is 4.67. The Kier molecular flexibility index (Phi) is 5.46. The van der Waals surface area contributed by atoms with Gasteiger partial charge in [-0.15, -0.1) is 0 Å². The molecule has 1 aromatic rings. The number of hydrogen-bond acceptors (Lipinski definition) is 2. The highest BCUT2D eigenvalue weighted by atomic mass is 79.9. The molecule has 2 rings (SSSR count). The summed E-state index contributed by atoms with van der Waals surface area (Å²) in [6.07, 6.45) is 6.12. The minimum Gasteiger partial charge on any atom is -0.314 e. The smallest absolute Gasteiger partial charge is 0.0766 e. The first kappa shape index (κ1) is 15.0. The summed E-state index contributed by atoms with van der Waals surface area (Å²) >= 11 is 3.73. The second kappa shape index (κ2) is 6.89. The summed E-state index contributed by atoms with van der Waals surface area (Å²) in [6.45, 7) is 8.80. The van der Waals surface area contributed by atoms with E-state index in [-0.39, 0.29) is 0 Å². The number of halogens is 1. The molecule has 108 valence electrons. The van der Waals surface area contributed by atoms with Gasteiger partial charge in [0.15, 0.2) is 0 Å². The van der Waals surface area contributed by atoms with Crippen LogP contribution in [0.15, 0.2) is 4.47 Å². The van der Waals surface area contributed by atoms with Crippen molar-refractivity contribution in [1.82, 2.24) is 15.1 Å². The third-order valence-electron chi connectivity index (χ3n) is 3.88. The molecule has 4 heteroatoms. The van der Waals surface area contributed by atoms with Crippen LogP contribution in [0, 0.1) is 5.92 Å². The van der Waals surface area contributed by atoms with Gasteiger partial charge in [0, 0.05) is 12.6 Å². The fraction of sp³-hybridized carbons (Fsp3) is 0.800. The number of hydrogen-bond donors (Lipinski definition) is 1. The molecule has 0 aromatic carbocycles. The summed E-state index contributed by atoms with van der Waals surface area (Å²) in [4.78, 5) is 0. The number of aryl methyl sites for hydroxylation is 2. The van der Waals surface area contributed by atoms with Gasteiger partial charge in [0.05, 0.1) is 15.9 Å². The largest absolute Gasteiger partial charge is 0.314 e. The monoisotopic (exact) mass is 327 g/mol. The SMILES string of the molecule is CCc1nn(CC)c(CC(C)CCNC2CC2)c1Br. The van der Waals surface area contributed by atoms with Crippen LogP contribution in [-0.4, -0.2) is 22.4 Å². The molecule has 1 fully saturated rings. The predicted molar refractivity (Wildman–Crippen MR) is 83.5 cm³/mol. The minimum atomic E-state index is 0.703. The molecule has 1 N–H and O–H groups in total. The second-order valence-corrected chi connectivity index (χ2v) is 6.50. The van der Waals surface area contributed by atoms with Gasteiger partial charge < -0.3 is 5.32 Å². The van der Waals surface area contributed by atoms with Crippen molar-refractivity contribution in [3.63, 3.8) is 0 Å². The van der Waals surface area contributed by atoms with E-state index in [2.05, 4.69) is 51.8 Å². The molecule has 0 aliphatic heterocycles. The van der Waals surface area contributed by atoms with Gasteiger partial charge in [-0.05, 0) is 67.4 Å². The summed E-state index contributed by atoms with van der Waals surface area (Å²) in [6, 6.07) is 0.826. The van der Waals surface area contributed by atoms with E-state index < -0.39 is 0 Å². The zero-order valence-corrected chi connectivity index (χ0v) is 14.0. The lowest BCUT2D eigenvalue weighted by molar-refractivity contribution is 0.475. The van der Waals surface area contributed by atoms with Gasteiger partial charge >= 0.3 is 0 Å². The Hall–Kier alpha value is -0.350. The molecule has 1 aromatic heterocycles. The van der Waals surface area contributed by atoms with E-state index in [4.69, 9.17) is 0 Å². The highest BCUT2D eigenvalue weighted by molar-refractivity contribution is 9.10. The molecule has 0 amide bonds. The maximum Gasteiger partial charge on any atom is 0.0766 e. The van der Waals surface area contributed by atoms with Crippen molar-refractivity contribution >= 4 is 15.9 Å². The Morgan fingerprint density at radius 1 is 1.42 bits per heavy atom. The molecular formula is C15H26BrN3. The zero-order chi connectivity index (χ0) is 13.8. The van der Waals surface area contributed by atoms with Crippen LogP contribution < -0.4 is 5.32 Å². The van der Waals surface area contributed by atoms with Crippen LogP contribution in [0.4, 0.5) is 0 Å². The molecule has 1 saturated carbocycles. The molecule has 3 nitrogen and oxygen atoms in total. The molecule has 1 heterocycles. The van der Waals surface area contributed by atoms with Crippen molar-refractivity contribution in [3.8, 4) is 0 Å². The van der Waals surface area contributed by atoms with Gasteiger partial charge in [-0.25, -0.2) is 0 Å². The third-order valence-corrected chi connectivity index (χ3v) is 4.80. The Balaban J connectivity index is 1.90. The fourth-order valence-corrected chi connectivity index (χ4v) is 3.19. The Morgan fingerprint density at radius 3 is 2.74 bits per heavy atom. The predicted octanol–water partition coefficient (Wildman–Crippen LogP) is 3.55. The van der Waals surface area contributed by atoms with E-state index >= 15 is 0 Å². The number of nitrogens with one attached hydrogen (secondary N) is 1. The summed E-state index contributed by atoms with van der Waals surface area (Å²) in [7, 11) is 0. The van der Waals surface area contributed by atoms with E-state index in [9.17, 15) is 0 Å². The molecular weight excluding hydrogens is 302 g/mol. The van der Waals surface area contributed by atoms with Crippen LogP contribution in [0.5, 0.6) is 0 Å². The Labute approximate surface area is 125 Å². The lowest BCUT2D eigenvalue weighted by Crippen LogP contribution is -2.20. The van der Waals surface area contributed by atoms with Crippen LogP contribution in [0.2, 0.25) is 0 Å². The Bertz CT molecular complexity index is 410. The van der Waals surface area contributed by atoms with Gasteiger partial charge in [-0.3, -0.25) is 4.68 Å². The van der Waals surface area contributed by atoms with Crippen LogP contribution >= 0.6 is 15.9 Å². The first-order valence-corrected chi connectivity index (χ1v) is 8.42. The van der Waals surface area contributed by atoms with Crippen LogP contribution in [-0.2, 0) is 19.4 Å². The molecule has 1 aliphatic carbocycles. The molecule has 1 aliphatic rings. The highest BCUT2D eigenvalue weighted by Crippen LogP contribution is 2.25. The second-order valence-electron chi connectivity index (χ2n) is 5.70. The van der Waals surface area contributed by atoms with Crippen LogP contribution in [0.1, 0.15) is 51.4 Å². The number of aromatic nitrogens is 2. The van der Waals surface area contributed by atoms with Gasteiger partial charge in [0.2, 0.25) is 0 Å². The number of rotatable bonds is 8. The first-order chi connectivity index (χ1) is 9.15. The fourth-order valence-electron chi connectivity index (χ4n) is 2.47. The quantitative estimate of drug-likeness (QED) is 0.791. The van der Waals surface area contributed by atoms with E-state index in [1.807, 2.05) is 0 Å². The minimum absolute atomic E-state index is 0.703. The van der Waals surface area contributed by atoms with E-state index in [0.29, 0.717) is 5.92 Å². The molecule has 1 atom stereocenters. The standard InChI is InChI=1S/C15H26BrN3/c1-4-13-15(16)14(19(5-2)18-13)10-11(3)8-9-17-12-6-7-12/h11-12,17H,4-10H2,1-3H3.